The lowest BCUT2D eigenvalue weighted by Crippen LogP contribution is -2.56. The minimum absolute atomic E-state index is 0.0544. The number of carbonyl (C=O) groups excluding carboxylic acids is 2. The number of carbonyl (C=O) groups is 3. The first-order valence-electron chi connectivity index (χ1n) is 14.3. The number of pyridine rings is 1. The van der Waals surface area contributed by atoms with E-state index in [4.69, 9.17) is 4.74 Å². The molecule has 1 fully saturated rings. The van der Waals surface area contributed by atoms with E-state index in [9.17, 15) is 28.3 Å². The van der Waals surface area contributed by atoms with Crippen LogP contribution in [0.1, 0.15) is 68.7 Å². The average molecular weight is 629 g/mol. The van der Waals surface area contributed by atoms with E-state index in [1.54, 1.807) is 27.0 Å². The van der Waals surface area contributed by atoms with Gasteiger partial charge in [0, 0.05) is 18.8 Å². The third-order valence-electron chi connectivity index (χ3n) is 7.38. The highest BCUT2D eigenvalue weighted by molar-refractivity contribution is 7.19. The maximum atomic E-state index is 14.7. The predicted molar refractivity (Wildman–Crippen MR) is 163 cm³/mol. The zero-order valence-corrected chi connectivity index (χ0v) is 25.7. The lowest BCUT2D eigenvalue weighted by molar-refractivity contribution is 0.0636. The molecule has 11 nitrogen and oxygen atoms in total. The molecule has 0 radical (unpaired) electrons. The quantitative estimate of drug-likeness (QED) is 0.253. The average Bonchev–Trinajstić information content (AvgIpc) is 3.54. The fraction of sp³-hybridized carbons (Fsp3) is 0.433. The molecule has 3 heterocycles. The van der Waals surface area contributed by atoms with Gasteiger partial charge < -0.3 is 25.4 Å². The molecule has 1 aliphatic heterocycles. The van der Waals surface area contributed by atoms with Crippen molar-refractivity contribution < 1.29 is 33.0 Å². The van der Waals surface area contributed by atoms with Crippen LogP contribution in [0.4, 0.5) is 34.7 Å². The summed E-state index contributed by atoms with van der Waals surface area (Å²) in [5.74, 6) is -2.48. The van der Waals surface area contributed by atoms with Crippen molar-refractivity contribution in [1.82, 2.24) is 15.3 Å². The molecule has 2 aromatic heterocycles. The molecule has 0 spiro atoms. The van der Waals surface area contributed by atoms with Crippen LogP contribution in [0, 0.1) is 11.6 Å². The second-order valence-corrected chi connectivity index (χ2v) is 13.2. The Hall–Kier alpha value is -4.33. The van der Waals surface area contributed by atoms with Crippen LogP contribution in [0.25, 0.3) is 10.6 Å². The number of rotatable bonds is 6. The first kappa shape index (κ1) is 31.1. The highest BCUT2D eigenvalue weighted by atomic mass is 32.1. The normalized spacial score (nSPS) is 18.0. The van der Waals surface area contributed by atoms with Crippen molar-refractivity contribution in [3.63, 3.8) is 0 Å². The van der Waals surface area contributed by atoms with E-state index in [0.717, 1.165) is 66.1 Å². The Bertz CT molecular complexity index is 1600. The highest BCUT2D eigenvalue weighted by Gasteiger charge is 2.36. The molecule has 3 aromatic rings. The first-order chi connectivity index (χ1) is 20.7. The number of carboxylic acid groups (broad SMARTS) is 1. The van der Waals surface area contributed by atoms with Gasteiger partial charge in [-0.25, -0.2) is 23.4 Å². The number of fused-ring (bicyclic) bond motifs is 1. The van der Waals surface area contributed by atoms with Crippen LogP contribution in [0.2, 0.25) is 0 Å². The maximum Gasteiger partial charge on any atom is 0.412 e. The van der Waals surface area contributed by atoms with E-state index in [1.807, 2.05) is 6.92 Å². The Morgan fingerprint density at radius 3 is 2.52 bits per heavy atom. The standard InChI is InChI=1S/C30H34F2N6O5S/c1-29(2,3)43-28(42)36-26-22(35-25(44-26)21-17(31)9-6-10-18(21)32)24(39)34-20-14-33-19-11-5-8-16(19)23(20)38-13-7-12-30(4,15-38)37-27(40)41/h6,9-10,14,37H,5,7-8,11-13,15H2,1-4H3,(H,34,39)(H,36,42)(H,40,41). The van der Waals surface area contributed by atoms with Crippen LogP contribution in [-0.4, -0.2) is 57.4 Å². The van der Waals surface area contributed by atoms with Crippen LogP contribution in [0.3, 0.4) is 0 Å². The maximum absolute atomic E-state index is 14.7. The molecule has 1 unspecified atom stereocenters. The Morgan fingerprint density at radius 2 is 1.84 bits per heavy atom. The van der Waals surface area contributed by atoms with Gasteiger partial charge in [-0.3, -0.25) is 15.1 Å². The van der Waals surface area contributed by atoms with Crippen LogP contribution >= 0.6 is 11.3 Å². The molecule has 0 bridgehead atoms. The summed E-state index contributed by atoms with van der Waals surface area (Å²) in [5, 5.41) is 17.2. The van der Waals surface area contributed by atoms with Crippen LogP contribution < -0.4 is 20.9 Å². The van der Waals surface area contributed by atoms with Crippen molar-refractivity contribution in [3.05, 3.63) is 53.0 Å². The lowest BCUT2D eigenvalue weighted by Gasteiger charge is -2.42. The van der Waals surface area contributed by atoms with E-state index in [-0.39, 0.29) is 15.7 Å². The number of hydrogen-bond acceptors (Lipinski definition) is 8. The molecule has 234 valence electrons. The molecule has 4 N–H and O–H groups in total. The van der Waals surface area contributed by atoms with Crippen molar-refractivity contribution in [2.75, 3.05) is 28.6 Å². The summed E-state index contributed by atoms with van der Waals surface area (Å²) in [7, 11) is 0. The van der Waals surface area contributed by atoms with Gasteiger partial charge >= 0.3 is 12.2 Å². The minimum atomic E-state index is -1.11. The lowest BCUT2D eigenvalue weighted by atomic mass is 9.90. The molecule has 3 amide bonds. The number of piperidine rings is 1. The fourth-order valence-corrected chi connectivity index (χ4v) is 6.68. The second-order valence-electron chi connectivity index (χ2n) is 12.2. The summed E-state index contributed by atoms with van der Waals surface area (Å²) < 4.78 is 34.7. The van der Waals surface area contributed by atoms with E-state index in [2.05, 4.69) is 30.8 Å². The van der Waals surface area contributed by atoms with Crippen LogP contribution in [-0.2, 0) is 17.6 Å². The zero-order chi connectivity index (χ0) is 31.8. The predicted octanol–water partition coefficient (Wildman–Crippen LogP) is 6.20. The van der Waals surface area contributed by atoms with E-state index >= 15 is 0 Å². The summed E-state index contributed by atoms with van der Waals surface area (Å²) in [6.07, 6.45) is 3.35. The number of benzene rings is 1. The summed E-state index contributed by atoms with van der Waals surface area (Å²) in [4.78, 5) is 48.9. The Morgan fingerprint density at radius 1 is 1.11 bits per heavy atom. The number of thiazole rings is 1. The van der Waals surface area contributed by atoms with Gasteiger partial charge in [-0.15, -0.1) is 0 Å². The number of nitrogens with one attached hydrogen (secondary N) is 3. The molecule has 1 atom stereocenters. The van der Waals surface area contributed by atoms with Gasteiger partial charge in [0.25, 0.3) is 5.91 Å². The Balaban J connectivity index is 1.52. The van der Waals surface area contributed by atoms with Gasteiger partial charge in [0.05, 0.1) is 28.7 Å². The van der Waals surface area contributed by atoms with Gasteiger partial charge in [0.1, 0.15) is 27.2 Å². The Kier molecular flexibility index (Phi) is 8.47. The molecule has 44 heavy (non-hydrogen) atoms. The molecular weight excluding hydrogens is 594 g/mol. The molecule has 2 aliphatic rings. The van der Waals surface area contributed by atoms with Gasteiger partial charge in [-0.1, -0.05) is 17.4 Å². The van der Waals surface area contributed by atoms with Gasteiger partial charge in [0.2, 0.25) is 0 Å². The smallest absolute Gasteiger partial charge is 0.412 e. The largest absolute Gasteiger partial charge is 0.465 e. The molecule has 1 aliphatic carbocycles. The van der Waals surface area contributed by atoms with Crippen molar-refractivity contribution in [2.24, 2.45) is 0 Å². The summed E-state index contributed by atoms with van der Waals surface area (Å²) >= 11 is 0.738. The molecule has 1 aromatic carbocycles. The number of ether oxygens (including phenoxy) is 1. The van der Waals surface area contributed by atoms with E-state index in [1.165, 1.54) is 6.07 Å². The number of anilines is 3. The van der Waals surface area contributed by atoms with Crippen LogP contribution in [0.5, 0.6) is 0 Å². The Labute approximate surface area is 257 Å². The number of aromatic nitrogens is 2. The molecular formula is C30H34F2N6O5S. The fourth-order valence-electron chi connectivity index (χ4n) is 5.68. The first-order valence-corrected chi connectivity index (χ1v) is 15.1. The van der Waals surface area contributed by atoms with Crippen molar-refractivity contribution >= 4 is 45.8 Å². The van der Waals surface area contributed by atoms with Crippen LogP contribution in [0.15, 0.2) is 24.4 Å². The number of nitrogens with zero attached hydrogens (tertiary/aromatic N) is 3. The number of aryl methyl sites for hydroxylation is 1. The van der Waals surface area contributed by atoms with Crippen molar-refractivity contribution in [3.8, 4) is 10.6 Å². The van der Waals surface area contributed by atoms with Gasteiger partial charge in [0.15, 0.2) is 5.69 Å². The molecule has 1 saturated heterocycles. The van der Waals surface area contributed by atoms with Gasteiger partial charge in [-0.2, -0.15) is 0 Å². The molecule has 14 heteroatoms. The summed E-state index contributed by atoms with van der Waals surface area (Å²) in [6.45, 7) is 7.87. The number of hydrogen-bond donors (Lipinski definition) is 4. The van der Waals surface area contributed by atoms with Crippen molar-refractivity contribution in [2.45, 2.75) is 70.9 Å². The third-order valence-corrected chi connectivity index (χ3v) is 8.37. The molecule has 0 saturated carbocycles. The SMILES string of the molecule is CC1(NC(=O)O)CCCN(c2c(NC(=O)c3nc(-c4c(F)cccc4F)sc3NC(=O)OC(C)(C)C)cnc3c2CCC3)C1. The number of halogens is 2. The van der Waals surface area contributed by atoms with Crippen molar-refractivity contribution in [1.29, 1.82) is 0 Å². The topological polar surface area (TPSA) is 146 Å². The minimum Gasteiger partial charge on any atom is -0.465 e. The monoisotopic (exact) mass is 628 g/mol. The van der Waals surface area contributed by atoms with E-state index in [0.29, 0.717) is 25.2 Å². The zero-order valence-electron chi connectivity index (χ0n) is 24.8. The summed E-state index contributed by atoms with van der Waals surface area (Å²) in [6, 6.07) is 3.37. The summed E-state index contributed by atoms with van der Waals surface area (Å²) in [5.41, 5.74) is 0.764. The second kappa shape index (κ2) is 12.0. The molecule has 5 rings (SSSR count). The van der Waals surface area contributed by atoms with E-state index < -0.39 is 46.4 Å². The third kappa shape index (κ3) is 6.74. The number of amides is 3. The highest BCUT2D eigenvalue weighted by Crippen LogP contribution is 2.40. The van der Waals surface area contributed by atoms with Gasteiger partial charge in [-0.05, 0) is 77.5 Å².